The molecular weight excluding hydrogens is 360 g/mol. The molecule has 0 aliphatic heterocycles. The summed E-state index contributed by atoms with van der Waals surface area (Å²) < 4.78 is 43.7. The molecule has 2 unspecified atom stereocenters. The molecule has 1 aromatic rings. The fourth-order valence-corrected chi connectivity index (χ4v) is 4.28. The third kappa shape index (κ3) is 3.11. The zero-order valence-corrected chi connectivity index (χ0v) is 15.6. The van der Waals surface area contributed by atoms with E-state index < -0.39 is 29.1 Å². The standard InChI is InChI=1S/C19H23F2NO5/c1-25-13-9-11(17(24)27-3)8-12(16(13)26-2)22-15(23)10-18-7-5-4-6-14(18)19(18,20)21/h8-9,14H,4-7,10H2,1-3H3,(H,22,23). The molecule has 8 heteroatoms. The van der Waals surface area contributed by atoms with Gasteiger partial charge in [-0.2, -0.15) is 0 Å². The molecule has 1 aromatic carbocycles. The first-order valence-electron chi connectivity index (χ1n) is 8.82. The molecule has 2 aliphatic carbocycles. The predicted octanol–water partition coefficient (Wildman–Crippen LogP) is 3.64. The van der Waals surface area contributed by atoms with Crippen molar-refractivity contribution in [3.05, 3.63) is 17.7 Å². The van der Waals surface area contributed by atoms with E-state index in [9.17, 15) is 18.4 Å². The number of rotatable bonds is 6. The minimum Gasteiger partial charge on any atom is -0.493 e. The van der Waals surface area contributed by atoms with Crippen LogP contribution in [0.25, 0.3) is 0 Å². The van der Waals surface area contributed by atoms with Gasteiger partial charge in [-0.25, -0.2) is 13.6 Å². The zero-order chi connectivity index (χ0) is 19.8. The summed E-state index contributed by atoms with van der Waals surface area (Å²) in [4.78, 5) is 24.4. The first kappa shape index (κ1) is 19.4. The van der Waals surface area contributed by atoms with Crippen LogP contribution in [0.15, 0.2) is 12.1 Å². The SMILES string of the molecule is COC(=O)c1cc(NC(=O)CC23CCCCC2C3(F)F)c(OC)c(OC)c1. The van der Waals surface area contributed by atoms with Crippen LogP contribution in [0.5, 0.6) is 11.5 Å². The summed E-state index contributed by atoms with van der Waals surface area (Å²) in [6.45, 7) is 0. The second-order valence-electron chi connectivity index (χ2n) is 7.05. The van der Waals surface area contributed by atoms with Crippen LogP contribution in [0.1, 0.15) is 42.5 Å². The Labute approximate surface area is 156 Å². The molecule has 1 amide bonds. The van der Waals surface area contributed by atoms with E-state index in [1.54, 1.807) is 0 Å². The van der Waals surface area contributed by atoms with Crippen LogP contribution in [0.2, 0.25) is 0 Å². The highest BCUT2D eigenvalue weighted by Gasteiger charge is 2.80. The maximum atomic E-state index is 14.2. The molecule has 148 valence electrons. The highest BCUT2D eigenvalue weighted by molar-refractivity contribution is 5.97. The molecule has 0 bridgehead atoms. The number of benzene rings is 1. The fraction of sp³-hybridized carbons (Fsp3) is 0.579. The average Bonchev–Trinajstić information content (AvgIpc) is 3.14. The number of halogens is 2. The number of methoxy groups -OCH3 is 3. The molecule has 2 fully saturated rings. The summed E-state index contributed by atoms with van der Waals surface area (Å²) in [6, 6.07) is 2.80. The van der Waals surface area contributed by atoms with Crippen molar-refractivity contribution >= 4 is 17.6 Å². The summed E-state index contributed by atoms with van der Waals surface area (Å²) in [5.74, 6) is -4.24. The molecule has 27 heavy (non-hydrogen) atoms. The topological polar surface area (TPSA) is 73.9 Å². The number of nitrogens with one attached hydrogen (secondary N) is 1. The molecule has 3 rings (SSSR count). The molecule has 0 spiro atoms. The van der Waals surface area contributed by atoms with Gasteiger partial charge in [-0.05, 0) is 25.0 Å². The van der Waals surface area contributed by atoms with E-state index >= 15 is 0 Å². The van der Waals surface area contributed by atoms with E-state index in [1.165, 1.54) is 33.5 Å². The van der Waals surface area contributed by atoms with Gasteiger partial charge in [0, 0.05) is 12.3 Å². The van der Waals surface area contributed by atoms with Gasteiger partial charge in [0.2, 0.25) is 5.91 Å². The second kappa shape index (κ2) is 6.98. The third-order valence-electron chi connectivity index (χ3n) is 5.70. The van der Waals surface area contributed by atoms with Crippen molar-refractivity contribution in [3.63, 3.8) is 0 Å². The number of esters is 1. The van der Waals surface area contributed by atoms with Crippen molar-refractivity contribution in [1.82, 2.24) is 0 Å². The lowest BCUT2D eigenvalue weighted by Crippen LogP contribution is -2.23. The lowest BCUT2D eigenvalue weighted by molar-refractivity contribution is -0.118. The average molecular weight is 383 g/mol. The molecule has 0 aromatic heterocycles. The van der Waals surface area contributed by atoms with Crippen molar-refractivity contribution in [3.8, 4) is 11.5 Å². The normalized spacial score (nSPS) is 25.1. The fourth-order valence-electron chi connectivity index (χ4n) is 4.28. The van der Waals surface area contributed by atoms with Crippen LogP contribution in [0.3, 0.4) is 0 Å². The largest absolute Gasteiger partial charge is 0.493 e. The molecule has 2 atom stereocenters. The van der Waals surface area contributed by atoms with Crippen LogP contribution in [0, 0.1) is 11.3 Å². The minimum atomic E-state index is -2.80. The van der Waals surface area contributed by atoms with Gasteiger partial charge in [-0.3, -0.25) is 4.79 Å². The third-order valence-corrected chi connectivity index (χ3v) is 5.70. The summed E-state index contributed by atoms with van der Waals surface area (Å²) >= 11 is 0. The first-order valence-corrected chi connectivity index (χ1v) is 8.82. The smallest absolute Gasteiger partial charge is 0.338 e. The second-order valence-corrected chi connectivity index (χ2v) is 7.05. The first-order chi connectivity index (χ1) is 12.8. The van der Waals surface area contributed by atoms with E-state index in [1.807, 2.05) is 0 Å². The van der Waals surface area contributed by atoms with Gasteiger partial charge in [0.15, 0.2) is 11.5 Å². The van der Waals surface area contributed by atoms with Gasteiger partial charge in [-0.15, -0.1) is 0 Å². The lowest BCUT2D eigenvalue weighted by Gasteiger charge is -2.20. The Morgan fingerprint density at radius 1 is 1.19 bits per heavy atom. The lowest BCUT2D eigenvalue weighted by atomic mass is 9.85. The number of hydrogen-bond donors (Lipinski definition) is 1. The van der Waals surface area contributed by atoms with Crippen LogP contribution < -0.4 is 14.8 Å². The van der Waals surface area contributed by atoms with Gasteiger partial charge in [0.25, 0.3) is 5.92 Å². The van der Waals surface area contributed by atoms with Crippen molar-refractivity contribution in [1.29, 1.82) is 0 Å². The molecular formula is C19H23F2NO5. The molecule has 0 saturated heterocycles. The van der Waals surface area contributed by atoms with E-state index in [0.717, 1.165) is 6.42 Å². The molecule has 2 aliphatic rings. The Bertz CT molecular complexity index is 767. The summed E-state index contributed by atoms with van der Waals surface area (Å²) in [5, 5.41) is 2.61. The Balaban J connectivity index is 1.84. The molecule has 1 N–H and O–H groups in total. The van der Waals surface area contributed by atoms with Gasteiger partial charge >= 0.3 is 5.97 Å². The number of amides is 1. The van der Waals surface area contributed by atoms with Crippen molar-refractivity contribution in [2.45, 2.75) is 38.0 Å². The monoisotopic (exact) mass is 383 g/mol. The zero-order valence-electron chi connectivity index (χ0n) is 15.6. The summed E-state index contributed by atoms with van der Waals surface area (Å²) in [5.41, 5.74) is -0.919. The highest BCUT2D eigenvalue weighted by Crippen LogP contribution is 2.73. The Hall–Kier alpha value is -2.38. The van der Waals surface area contributed by atoms with E-state index in [4.69, 9.17) is 14.2 Å². The highest BCUT2D eigenvalue weighted by atomic mass is 19.3. The summed E-state index contributed by atoms with van der Waals surface area (Å²) in [6.07, 6.45) is 2.01. The van der Waals surface area contributed by atoms with Crippen molar-refractivity contribution in [2.75, 3.05) is 26.6 Å². The Morgan fingerprint density at radius 3 is 2.52 bits per heavy atom. The molecule has 6 nitrogen and oxygen atoms in total. The number of fused-ring (bicyclic) bond motifs is 1. The van der Waals surface area contributed by atoms with Crippen LogP contribution in [-0.2, 0) is 9.53 Å². The Kier molecular flexibility index (Phi) is 5.01. The number of anilines is 1. The maximum Gasteiger partial charge on any atom is 0.338 e. The van der Waals surface area contributed by atoms with Gasteiger partial charge in [0.1, 0.15) is 0 Å². The van der Waals surface area contributed by atoms with Crippen molar-refractivity contribution < 1.29 is 32.6 Å². The van der Waals surface area contributed by atoms with Crippen LogP contribution in [-0.4, -0.2) is 39.1 Å². The Morgan fingerprint density at radius 2 is 1.93 bits per heavy atom. The van der Waals surface area contributed by atoms with Crippen LogP contribution >= 0.6 is 0 Å². The maximum absolute atomic E-state index is 14.2. The minimum absolute atomic E-state index is 0.149. The predicted molar refractivity (Wildman–Crippen MR) is 93.5 cm³/mol. The number of carbonyl (C=O) groups excluding carboxylic acids is 2. The van der Waals surface area contributed by atoms with E-state index in [-0.39, 0.29) is 29.2 Å². The number of carbonyl (C=O) groups is 2. The van der Waals surface area contributed by atoms with Gasteiger partial charge in [0.05, 0.1) is 38.0 Å². The van der Waals surface area contributed by atoms with Crippen LogP contribution in [0.4, 0.5) is 14.5 Å². The van der Waals surface area contributed by atoms with Gasteiger partial charge < -0.3 is 19.5 Å². The van der Waals surface area contributed by atoms with Gasteiger partial charge in [-0.1, -0.05) is 12.8 Å². The molecule has 2 saturated carbocycles. The quantitative estimate of drug-likeness (QED) is 0.759. The number of alkyl halides is 2. The summed E-state index contributed by atoms with van der Waals surface area (Å²) in [7, 11) is 4.01. The molecule has 0 radical (unpaired) electrons. The van der Waals surface area contributed by atoms with Crippen molar-refractivity contribution in [2.24, 2.45) is 11.3 Å². The number of hydrogen-bond acceptors (Lipinski definition) is 5. The van der Waals surface area contributed by atoms with E-state index in [0.29, 0.717) is 19.3 Å². The molecule has 0 heterocycles. The number of ether oxygens (including phenoxy) is 3. The van der Waals surface area contributed by atoms with E-state index in [2.05, 4.69) is 5.32 Å².